The molecule has 0 aromatic heterocycles. The SMILES string of the molecule is O=C(O)C(=O)OCF. The summed E-state index contributed by atoms with van der Waals surface area (Å²) in [5, 5.41) is 7.67. The Morgan fingerprint density at radius 2 is 2.12 bits per heavy atom. The number of carbonyl (C=O) groups is 2. The summed E-state index contributed by atoms with van der Waals surface area (Å²) in [4.78, 5) is 19.1. The van der Waals surface area contributed by atoms with E-state index in [1.54, 1.807) is 0 Å². The fourth-order valence-corrected chi connectivity index (χ4v) is 0.111. The fourth-order valence-electron chi connectivity index (χ4n) is 0.111. The van der Waals surface area contributed by atoms with Crippen molar-refractivity contribution in [3.63, 3.8) is 0 Å². The number of carboxylic acid groups (broad SMARTS) is 1. The molecule has 5 heteroatoms. The highest BCUT2D eigenvalue weighted by Gasteiger charge is 2.10. The highest BCUT2D eigenvalue weighted by molar-refractivity contribution is 6.28. The molecule has 4 nitrogen and oxygen atoms in total. The van der Waals surface area contributed by atoms with E-state index in [1.807, 2.05) is 0 Å². The van der Waals surface area contributed by atoms with Gasteiger partial charge in [0.15, 0.2) is 0 Å². The minimum Gasteiger partial charge on any atom is -0.473 e. The van der Waals surface area contributed by atoms with Gasteiger partial charge in [-0.2, -0.15) is 0 Å². The summed E-state index contributed by atoms with van der Waals surface area (Å²) in [6.07, 6.45) is 0. The number of carbonyl (C=O) groups excluding carboxylic acids is 1. The van der Waals surface area contributed by atoms with E-state index >= 15 is 0 Å². The third kappa shape index (κ3) is 2.12. The quantitative estimate of drug-likeness (QED) is 0.377. The van der Waals surface area contributed by atoms with Gasteiger partial charge in [-0.05, 0) is 0 Å². The summed E-state index contributed by atoms with van der Waals surface area (Å²) in [6, 6.07) is 0. The molecule has 0 amide bonds. The first-order valence-electron chi connectivity index (χ1n) is 1.64. The van der Waals surface area contributed by atoms with Gasteiger partial charge in [-0.1, -0.05) is 0 Å². The van der Waals surface area contributed by atoms with Crippen LogP contribution in [0.4, 0.5) is 4.39 Å². The van der Waals surface area contributed by atoms with Gasteiger partial charge in [-0.3, -0.25) is 0 Å². The molecule has 0 heterocycles. The largest absolute Gasteiger partial charge is 0.473 e. The van der Waals surface area contributed by atoms with Gasteiger partial charge in [0.1, 0.15) is 0 Å². The average Bonchev–Trinajstić information content (AvgIpc) is 1.67. The molecular weight excluding hydrogens is 119 g/mol. The lowest BCUT2D eigenvalue weighted by atomic mass is 10.7. The highest BCUT2D eigenvalue weighted by atomic mass is 19.1. The van der Waals surface area contributed by atoms with Crippen LogP contribution >= 0.6 is 0 Å². The average molecular weight is 122 g/mol. The van der Waals surface area contributed by atoms with Crippen molar-refractivity contribution in [3.8, 4) is 0 Å². The van der Waals surface area contributed by atoms with E-state index in [9.17, 15) is 14.0 Å². The van der Waals surface area contributed by atoms with Crippen LogP contribution < -0.4 is 0 Å². The van der Waals surface area contributed by atoms with Crippen molar-refractivity contribution in [1.82, 2.24) is 0 Å². The first kappa shape index (κ1) is 6.87. The van der Waals surface area contributed by atoms with Crippen LogP contribution in [0.2, 0.25) is 0 Å². The monoisotopic (exact) mass is 122 g/mol. The lowest BCUT2D eigenvalue weighted by Crippen LogP contribution is -2.15. The molecule has 0 atom stereocenters. The predicted octanol–water partition coefficient (Wildman–Crippen LogP) is -0.459. The molecule has 0 aromatic rings. The minimum atomic E-state index is -1.79. The topological polar surface area (TPSA) is 63.6 Å². The molecule has 1 N–H and O–H groups in total. The first-order chi connectivity index (χ1) is 3.68. The lowest BCUT2D eigenvalue weighted by Gasteiger charge is -1.89. The molecule has 0 saturated heterocycles. The van der Waals surface area contributed by atoms with E-state index < -0.39 is 18.8 Å². The van der Waals surface area contributed by atoms with Crippen LogP contribution in [-0.4, -0.2) is 23.9 Å². The molecular formula is C3H3FO4. The number of hydrogen-bond acceptors (Lipinski definition) is 3. The second kappa shape index (κ2) is 2.95. The van der Waals surface area contributed by atoms with Gasteiger partial charge in [0.25, 0.3) is 0 Å². The molecule has 0 aromatic carbocycles. The Morgan fingerprint density at radius 3 is 2.25 bits per heavy atom. The van der Waals surface area contributed by atoms with Gasteiger partial charge in [0, 0.05) is 0 Å². The Kier molecular flexibility index (Phi) is 2.53. The third-order valence-electron chi connectivity index (χ3n) is 0.360. The summed E-state index contributed by atoms with van der Waals surface area (Å²) < 4.78 is 14.3. The lowest BCUT2D eigenvalue weighted by molar-refractivity contribution is -0.166. The molecule has 0 aliphatic carbocycles. The minimum absolute atomic E-state index is 1.40. The van der Waals surface area contributed by atoms with E-state index in [1.165, 1.54) is 0 Å². The molecule has 0 fully saturated rings. The number of hydrogen-bond donors (Lipinski definition) is 1. The highest BCUT2D eigenvalue weighted by Crippen LogP contribution is 1.76. The predicted molar refractivity (Wildman–Crippen MR) is 19.7 cm³/mol. The van der Waals surface area contributed by atoms with Crippen molar-refractivity contribution in [2.45, 2.75) is 0 Å². The molecule has 0 spiro atoms. The summed E-state index contributed by atoms with van der Waals surface area (Å²) in [7, 11) is 0. The van der Waals surface area contributed by atoms with E-state index in [0.717, 1.165) is 0 Å². The maximum absolute atomic E-state index is 10.9. The number of ether oxygens (including phenoxy) is 1. The van der Waals surface area contributed by atoms with Crippen LogP contribution in [0.3, 0.4) is 0 Å². The number of halogens is 1. The number of rotatable bonds is 1. The second-order valence-electron chi connectivity index (χ2n) is 0.846. The summed E-state index contributed by atoms with van der Waals surface area (Å²) in [6.45, 7) is -1.40. The molecule has 0 radical (unpaired) electrons. The third-order valence-corrected chi connectivity index (χ3v) is 0.360. The summed E-state index contributed by atoms with van der Waals surface area (Å²) >= 11 is 0. The maximum atomic E-state index is 10.9. The van der Waals surface area contributed by atoms with Gasteiger partial charge in [0.05, 0.1) is 0 Å². The first-order valence-corrected chi connectivity index (χ1v) is 1.64. The van der Waals surface area contributed by atoms with E-state index in [0.29, 0.717) is 0 Å². The Hall–Kier alpha value is -1.13. The number of esters is 1. The van der Waals surface area contributed by atoms with Gasteiger partial charge >= 0.3 is 11.9 Å². The normalized spacial score (nSPS) is 8.12. The van der Waals surface area contributed by atoms with Crippen LogP contribution in [0.25, 0.3) is 0 Å². The molecule has 8 heavy (non-hydrogen) atoms. The van der Waals surface area contributed by atoms with Crippen LogP contribution in [0, 0.1) is 0 Å². The van der Waals surface area contributed by atoms with E-state index in [2.05, 4.69) is 4.74 Å². The fraction of sp³-hybridized carbons (Fsp3) is 0.333. The van der Waals surface area contributed by atoms with Crippen molar-refractivity contribution in [2.75, 3.05) is 6.86 Å². The molecule has 0 aliphatic rings. The second-order valence-corrected chi connectivity index (χ2v) is 0.846. The number of aliphatic carboxylic acids is 1. The van der Waals surface area contributed by atoms with Crippen molar-refractivity contribution < 1.29 is 23.8 Å². The van der Waals surface area contributed by atoms with Crippen molar-refractivity contribution in [1.29, 1.82) is 0 Å². The molecule has 46 valence electrons. The molecule has 0 rings (SSSR count). The van der Waals surface area contributed by atoms with Crippen LogP contribution in [-0.2, 0) is 14.3 Å². The van der Waals surface area contributed by atoms with Crippen molar-refractivity contribution in [3.05, 3.63) is 0 Å². The Balaban J connectivity index is 3.49. The number of alkyl halides is 1. The van der Waals surface area contributed by atoms with E-state index in [4.69, 9.17) is 5.11 Å². The zero-order valence-corrected chi connectivity index (χ0v) is 3.76. The summed E-state index contributed by atoms with van der Waals surface area (Å²) in [5.74, 6) is -3.37. The molecule has 0 saturated carbocycles. The van der Waals surface area contributed by atoms with Crippen LogP contribution in [0.15, 0.2) is 0 Å². The van der Waals surface area contributed by atoms with Crippen LogP contribution in [0.1, 0.15) is 0 Å². The molecule has 0 aliphatic heterocycles. The zero-order valence-electron chi connectivity index (χ0n) is 3.76. The van der Waals surface area contributed by atoms with Gasteiger partial charge in [0.2, 0.25) is 6.86 Å². The van der Waals surface area contributed by atoms with Gasteiger partial charge < -0.3 is 9.84 Å². The smallest absolute Gasteiger partial charge is 0.419 e. The molecule has 0 unspecified atom stereocenters. The Labute approximate surface area is 43.9 Å². The standard InChI is InChI=1S/C3H3FO4/c4-1-8-3(7)2(5)6/h1H2,(H,5,6). The van der Waals surface area contributed by atoms with Gasteiger partial charge in [-0.25, -0.2) is 14.0 Å². The Bertz CT molecular complexity index is 110. The van der Waals surface area contributed by atoms with Crippen molar-refractivity contribution >= 4 is 11.9 Å². The zero-order chi connectivity index (χ0) is 6.57. The molecule has 0 bridgehead atoms. The van der Waals surface area contributed by atoms with Gasteiger partial charge in [-0.15, -0.1) is 0 Å². The van der Waals surface area contributed by atoms with Crippen molar-refractivity contribution in [2.24, 2.45) is 0 Å². The number of carboxylic acids is 1. The van der Waals surface area contributed by atoms with Crippen LogP contribution in [0.5, 0.6) is 0 Å². The maximum Gasteiger partial charge on any atom is 0.419 e. The van der Waals surface area contributed by atoms with E-state index in [-0.39, 0.29) is 0 Å². The Morgan fingerprint density at radius 1 is 1.62 bits per heavy atom. The summed E-state index contributed by atoms with van der Waals surface area (Å²) in [5.41, 5.74) is 0.